The minimum absolute atomic E-state index is 0.136. The van der Waals surface area contributed by atoms with Gasteiger partial charge in [0, 0.05) is 13.0 Å². The molecule has 0 radical (unpaired) electrons. The minimum Gasteiger partial charge on any atom is -0.420 e. The summed E-state index contributed by atoms with van der Waals surface area (Å²) in [4.78, 5) is 0.908. The number of sulfonamides is 1. The first-order valence-corrected chi connectivity index (χ1v) is 8.47. The first-order chi connectivity index (χ1) is 9.11. The second-order valence-corrected chi connectivity index (χ2v) is 6.82. The molecular formula is C11H15N3O3S2. The van der Waals surface area contributed by atoms with Crippen LogP contribution in [0.3, 0.4) is 0 Å². The van der Waals surface area contributed by atoms with Crippen LogP contribution in [0.25, 0.3) is 10.8 Å². The van der Waals surface area contributed by atoms with E-state index in [1.54, 1.807) is 0 Å². The van der Waals surface area contributed by atoms with Gasteiger partial charge >= 0.3 is 0 Å². The van der Waals surface area contributed by atoms with E-state index in [0.29, 0.717) is 24.6 Å². The van der Waals surface area contributed by atoms with Crippen LogP contribution >= 0.6 is 11.3 Å². The van der Waals surface area contributed by atoms with E-state index in [2.05, 4.69) is 14.9 Å². The van der Waals surface area contributed by atoms with Gasteiger partial charge in [0.2, 0.25) is 15.9 Å². The average Bonchev–Trinajstić information content (AvgIpc) is 2.98. The lowest BCUT2D eigenvalue weighted by atomic mass is 10.4. The molecule has 19 heavy (non-hydrogen) atoms. The lowest BCUT2D eigenvalue weighted by Gasteiger charge is -2.02. The van der Waals surface area contributed by atoms with Crippen LogP contribution in [-0.2, 0) is 16.4 Å². The topological polar surface area (TPSA) is 85.1 Å². The molecule has 6 nitrogen and oxygen atoms in total. The Hall–Kier alpha value is -1.25. The van der Waals surface area contributed by atoms with Gasteiger partial charge in [-0.3, -0.25) is 0 Å². The third kappa shape index (κ3) is 4.12. The molecule has 104 valence electrons. The summed E-state index contributed by atoms with van der Waals surface area (Å²) in [6.45, 7) is 2.10. The van der Waals surface area contributed by atoms with E-state index >= 15 is 0 Å². The molecule has 2 aromatic heterocycles. The third-order valence-electron chi connectivity index (χ3n) is 2.33. The maximum Gasteiger partial charge on any atom is 0.257 e. The summed E-state index contributed by atoms with van der Waals surface area (Å²) in [6.07, 6.45) is 0.986. The van der Waals surface area contributed by atoms with E-state index in [1.165, 1.54) is 11.3 Å². The molecule has 2 rings (SSSR count). The van der Waals surface area contributed by atoms with Gasteiger partial charge in [-0.25, -0.2) is 13.1 Å². The fourth-order valence-corrected chi connectivity index (χ4v) is 3.25. The van der Waals surface area contributed by atoms with Gasteiger partial charge in [-0.1, -0.05) is 13.0 Å². The number of rotatable bonds is 7. The molecule has 0 aliphatic rings. The maximum atomic E-state index is 11.4. The van der Waals surface area contributed by atoms with Crippen molar-refractivity contribution < 1.29 is 12.8 Å². The van der Waals surface area contributed by atoms with Gasteiger partial charge in [0.15, 0.2) is 0 Å². The van der Waals surface area contributed by atoms with Gasteiger partial charge in [-0.05, 0) is 17.9 Å². The number of hydrogen-bond acceptors (Lipinski definition) is 6. The van der Waals surface area contributed by atoms with Crippen LogP contribution in [0.2, 0.25) is 0 Å². The Morgan fingerprint density at radius 1 is 1.42 bits per heavy atom. The lowest BCUT2D eigenvalue weighted by Crippen LogP contribution is -2.28. The predicted octanol–water partition coefficient (Wildman–Crippen LogP) is 1.67. The quantitative estimate of drug-likeness (QED) is 0.841. The van der Waals surface area contributed by atoms with E-state index in [0.717, 1.165) is 4.88 Å². The van der Waals surface area contributed by atoms with Gasteiger partial charge in [0.25, 0.3) is 5.89 Å². The molecule has 0 bridgehead atoms. The van der Waals surface area contributed by atoms with Crippen molar-refractivity contribution in [1.82, 2.24) is 14.9 Å². The molecule has 8 heteroatoms. The van der Waals surface area contributed by atoms with Crippen molar-refractivity contribution in [2.75, 3.05) is 12.3 Å². The highest BCUT2D eigenvalue weighted by Crippen LogP contribution is 2.22. The Kier molecular flexibility index (Phi) is 4.67. The van der Waals surface area contributed by atoms with Crippen molar-refractivity contribution in [1.29, 1.82) is 0 Å². The molecule has 0 aliphatic carbocycles. The van der Waals surface area contributed by atoms with E-state index in [9.17, 15) is 8.42 Å². The normalized spacial score (nSPS) is 11.8. The highest BCUT2D eigenvalue weighted by atomic mass is 32.2. The summed E-state index contributed by atoms with van der Waals surface area (Å²) in [7, 11) is -3.18. The van der Waals surface area contributed by atoms with Crippen LogP contribution in [0, 0.1) is 0 Å². The first-order valence-electron chi connectivity index (χ1n) is 5.94. The molecule has 0 aromatic carbocycles. The SMILES string of the molecule is CCCS(=O)(=O)NCCc1nnc(-c2cccs2)o1. The highest BCUT2D eigenvalue weighted by Gasteiger charge is 2.11. The number of thiophene rings is 1. The summed E-state index contributed by atoms with van der Waals surface area (Å²) < 4.78 is 30.8. The number of nitrogens with zero attached hydrogens (tertiary/aromatic N) is 2. The van der Waals surface area contributed by atoms with Crippen LogP contribution in [0.15, 0.2) is 21.9 Å². The van der Waals surface area contributed by atoms with Crippen molar-refractivity contribution in [3.8, 4) is 10.8 Å². The van der Waals surface area contributed by atoms with Crippen molar-refractivity contribution in [2.45, 2.75) is 19.8 Å². The monoisotopic (exact) mass is 301 g/mol. The van der Waals surface area contributed by atoms with E-state index in [4.69, 9.17) is 4.42 Å². The van der Waals surface area contributed by atoms with Crippen LogP contribution in [0.4, 0.5) is 0 Å². The molecule has 0 aliphatic heterocycles. The molecule has 2 heterocycles. The third-order valence-corrected chi connectivity index (χ3v) is 4.78. The van der Waals surface area contributed by atoms with Crippen molar-refractivity contribution in [3.63, 3.8) is 0 Å². The largest absolute Gasteiger partial charge is 0.420 e. The summed E-state index contributed by atoms with van der Waals surface area (Å²) in [6, 6.07) is 3.80. The number of aromatic nitrogens is 2. The summed E-state index contributed by atoms with van der Waals surface area (Å²) >= 11 is 1.52. The van der Waals surface area contributed by atoms with Crippen LogP contribution in [0.5, 0.6) is 0 Å². The predicted molar refractivity (Wildman–Crippen MR) is 73.4 cm³/mol. The van der Waals surface area contributed by atoms with Crippen molar-refractivity contribution in [3.05, 3.63) is 23.4 Å². The Balaban J connectivity index is 1.88. The molecule has 2 aromatic rings. The maximum absolute atomic E-state index is 11.4. The molecule has 0 saturated carbocycles. The summed E-state index contributed by atoms with van der Waals surface area (Å²) in [5.41, 5.74) is 0. The molecular weight excluding hydrogens is 286 g/mol. The van der Waals surface area contributed by atoms with Gasteiger partial charge in [0.05, 0.1) is 10.6 Å². The van der Waals surface area contributed by atoms with Gasteiger partial charge in [-0.2, -0.15) is 0 Å². The van der Waals surface area contributed by atoms with Gasteiger partial charge in [0.1, 0.15) is 0 Å². The molecule has 0 atom stereocenters. The smallest absolute Gasteiger partial charge is 0.257 e. The van der Waals surface area contributed by atoms with Crippen molar-refractivity contribution in [2.24, 2.45) is 0 Å². The Morgan fingerprint density at radius 3 is 2.95 bits per heavy atom. The minimum atomic E-state index is -3.18. The van der Waals surface area contributed by atoms with Gasteiger partial charge < -0.3 is 4.42 Å². The number of hydrogen-bond donors (Lipinski definition) is 1. The zero-order valence-corrected chi connectivity index (χ0v) is 12.1. The second-order valence-electron chi connectivity index (χ2n) is 3.94. The van der Waals surface area contributed by atoms with Gasteiger partial charge in [-0.15, -0.1) is 21.5 Å². The highest BCUT2D eigenvalue weighted by molar-refractivity contribution is 7.89. The van der Waals surface area contributed by atoms with E-state index in [1.807, 2.05) is 24.4 Å². The average molecular weight is 301 g/mol. The second kappa shape index (κ2) is 6.27. The van der Waals surface area contributed by atoms with Crippen LogP contribution < -0.4 is 4.72 Å². The van der Waals surface area contributed by atoms with E-state index in [-0.39, 0.29) is 12.3 Å². The van der Waals surface area contributed by atoms with Crippen molar-refractivity contribution >= 4 is 21.4 Å². The molecule has 0 spiro atoms. The molecule has 0 saturated heterocycles. The van der Waals surface area contributed by atoms with Crippen LogP contribution in [-0.4, -0.2) is 30.9 Å². The first kappa shape index (κ1) is 14.2. The fourth-order valence-electron chi connectivity index (χ4n) is 1.51. The van der Waals surface area contributed by atoms with Crippen LogP contribution in [0.1, 0.15) is 19.2 Å². The number of nitrogens with one attached hydrogen (secondary N) is 1. The molecule has 0 unspecified atom stereocenters. The summed E-state index contributed by atoms with van der Waals surface area (Å²) in [5.74, 6) is 1.04. The Labute approximate surface area is 115 Å². The fraction of sp³-hybridized carbons (Fsp3) is 0.455. The Morgan fingerprint density at radius 2 is 2.26 bits per heavy atom. The Bertz CT molecular complexity index is 605. The zero-order chi connectivity index (χ0) is 13.7. The zero-order valence-electron chi connectivity index (χ0n) is 10.5. The summed E-state index contributed by atoms with van der Waals surface area (Å²) in [5, 5.41) is 9.75. The molecule has 1 N–H and O–H groups in total. The molecule has 0 amide bonds. The lowest BCUT2D eigenvalue weighted by molar-refractivity contribution is 0.502. The molecule has 0 fully saturated rings. The van der Waals surface area contributed by atoms with E-state index < -0.39 is 10.0 Å². The standard InChI is InChI=1S/C11H15N3O3S2/c1-2-8-19(15,16)12-6-5-10-13-14-11(17-10)9-4-3-7-18-9/h3-4,7,12H,2,5-6,8H2,1H3.